The molecule has 0 bridgehead atoms. The van der Waals surface area contributed by atoms with Crippen LogP contribution in [0.5, 0.6) is 5.75 Å². The maximum Gasteiger partial charge on any atom is 0.279 e. The maximum absolute atomic E-state index is 12.5. The molecule has 0 saturated heterocycles. The minimum Gasteiger partial charge on any atom is -0.495 e. The predicted molar refractivity (Wildman–Crippen MR) is 117 cm³/mol. The molecular weight excluding hydrogens is 366 g/mol. The average Bonchev–Trinajstić information content (AvgIpc) is 2.68. The van der Waals surface area contributed by atoms with Gasteiger partial charge in [-0.1, -0.05) is 45.0 Å². The van der Waals surface area contributed by atoms with Gasteiger partial charge in [0, 0.05) is 5.69 Å². The lowest BCUT2D eigenvalue weighted by molar-refractivity contribution is -0.883. The van der Waals surface area contributed by atoms with Gasteiger partial charge < -0.3 is 20.3 Å². The quantitative estimate of drug-likeness (QED) is 0.576. The molecule has 3 N–H and O–H groups in total. The maximum atomic E-state index is 12.5. The molecule has 0 aliphatic carbocycles. The third-order valence-electron chi connectivity index (χ3n) is 4.67. The second kappa shape index (κ2) is 11.2. The second-order valence-electron chi connectivity index (χ2n) is 7.43. The van der Waals surface area contributed by atoms with E-state index in [-0.39, 0.29) is 24.9 Å². The molecule has 0 fully saturated rings. The number of quaternary nitrogens is 1. The number of para-hydroxylation sites is 2. The van der Waals surface area contributed by atoms with Gasteiger partial charge in [0.25, 0.3) is 11.8 Å². The monoisotopic (exact) mass is 398 g/mol. The van der Waals surface area contributed by atoms with Gasteiger partial charge in [-0.2, -0.15) is 0 Å². The van der Waals surface area contributed by atoms with Crippen molar-refractivity contribution in [1.29, 1.82) is 0 Å². The van der Waals surface area contributed by atoms with Gasteiger partial charge in [-0.25, -0.2) is 0 Å². The van der Waals surface area contributed by atoms with Gasteiger partial charge in [-0.15, -0.1) is 0 Å². The van der Waals surface area contributed by atoms with E-state index in [1.54, 1.807) is 19.2 Å². The van der Waals surface area contributed by atoms with Crippen LogP contribution >= 0.6 is 0 Å². The molecule has 6 nitrogen and oxygen atoms in total. The number of methoxy groups -OCH3 is 1. The molecule has 6 heteroatoms. The summed E-state index contributed by atoms with van der Waals surface area (Å²) in [7, 11) is 1.57. The summed E-state index contributed by atoms with van der Waals surface area (Å²) in [5.41, 5.74) is 2.63. The Kier molecular flexibility index (Phi) is 8.68. The molecule has 0 radical (unpaired) electrons. The Morgan fingerprint density at radius 3 is 2.17 bits per heavy atom. The summed E-state index contributed by atoms with van der Waals surface area (Å²) in [6.07, 6.45) is 0.883. The second-order valence-corrected chi connectivity index (χ2v) is 7.43. The number of hydrogen-bond acceptors (Lipinski definition) is 3. The number of amides is 2. The third kappa shape index (κ3) is 7.23. The van der Waals surface area contributed by atoms with Crippen LogP contribution in [0.1, 0.15) is 38.7 Å². The summed E-state index contributed by atoms with van der Waals surface area (Å²) in [5.74, 6) is 0.814. The van der Waals surface area contributed by atoms with Crippen molar-refractivity contribution < 1.29 is 19.2 Å². The van der Waals surface area contributed by atoms with E-state index in [0.717, 1.165) is 23.6 Å². The number of carbonyl (C=O) groups excluding carboxylic acids is 2. The molecular formula is C23H32N3O3+. The minimum atomic E-state index is -0.146. The van der Waals surface area contributed by atoms with Crippen molar-refractivity contribution in [3.63, 3.8) is 0 Å². The van der Waals surface area contributed by atoms with Crippen molar-refractivity contribution in [2.45, 2.75) is 33.1 Å². The number of rotatable bonds is 10. The van der Waals surface area contributed by atoms with Gasteiger partial charge in [0.05, 0.1) is 19.3 Å². The normalized spacial score (nSPS) is 11.8. The smallest absolute Gasteiger partial charge is 0.279 e. The molecule has 1 atom stereocenters. The molecule has 0 aliphatic heterocycles. The molecule has 0 spiro atoms. The summed E-state index contributed by atoms with van der Waals surface area (Å²) < 4.78 is 5.27. The van der Waals surface area contributed by atoms with Crippen molar-refractivity contribution in [3.05, 3.63) is 54.1 Å². The van der Waals surface area contributed by atoms with E-state index in [9.17, 15) is 9.59 Å². The van der Waals surface area contributed by atoms with E-state index < -0.39 is 0 Å². The van der Waals surface area contributed by atoms with E-state index in [2.05, 4.69) is 24.5 Å². The van der Waals surface area contributed by atoms with Crippen molar-refractivity contribution in [2.24, 2.45) is 0 Å². The highest BCUT2D eigenvalue weighted by Crippen LogP contribution is 2.22. The van der Waals surface area contributed by atoms with Crippen LogP contribution in [0.25, 0.3) is 0 Å². The topological polar surface area (TPSA) is 71.9 Å². The Labute approximate surface area is 173 Å². The predicted octanol–water partition coefficient (Wildman–Crippen LogP) is 2.69. The Morgan fingerprint density at radius 1 is 0.966 bits per heavy atom. The van der Waals surface area contributed by atoms with Crippen LogP contribution in [0.2, 0.25) is 0 Å². The molecule has 0 saturated carbocycles. The highest BCUT2D eigenvalue weighted by molar-refractivity contribution is 5.94. The molecule has 29 heavy (non-hydrogen) atoms. The van der Waals surface area contributed by atoms with Crippen molar-refractivity contribution >= 4 is 23.2 Å². The van der Waals surface area contributed by atoms with Crippen LogP contribution < -0.4 is 20.3 Å². The first-order chi connectivity index (χ1) is 13.9. The SMILES string of the molecule is CCC[NH+](CC(=O)Nc1ccc(C(C)C)cc1)CC(=O)Nc1ccccc1OC. The Balaban J connectivity index is 1.92. The zero-order chi connectivity index (χ0) is 21.2. The molecule has 2 rings (SSSR count). The molecule has 156 valence electrons. The fourth-order valence-electron chi connectivity index (χ4n) is 3.15. The molecule has 0 aliphatic rings. The summed E-state index contributed by atoms with van der Waals surface area (Å²) in [4.78, 5) is 25.9. The van der Waals surface area contributed by atoms with Crippen molar-refractivity contribution in [2.75, 3.05) is 37.4 Å². The molecule has 0 heterocycles. The standard InChI is InChI=1S/C23H31N3O3/c1-5-14-26(16-23(28)25-20-8-6-7-9-21(20)29-4)15-22(27)24-19-12-10-18(11-13-19)17(2)3/h6-13,17H,5,14-16H2,1-4H3,(H,24,27)(H,25,28)/p+1. The first-order valence-corrected chi connectivity index (χ1v) is 10.1. The van der Waals surface area contributed by atoms with E-state index in [1.165, 1.54) is 5.56 Å². The van der Waals surface area contributed by atoms with Gasteiger partial charge in [0.15, 0.2) is 13.1 Å². The van der Waals surface area contributed by atoms with E-state index in [0.29, 0.717) is 17.4 Å². The van der Waals surface area contributed by atoms with Gasteiger partial charge in [0.1, 0.15) is 5.75 Å². The molecule has 2 aromatic carbocycles. The lowest BCUT2D eigenvalue weighted by Gasteiger charge is -2.18. The zero-order valence-electron chi connectivity index (χ0n) is 17.7. The minimum absolute atomic E-state index is 0.101. The fraction of sp³-hybridized carbons (Fsp3) is 0.391. The molecule has 2 amide bonds. The van der Waals surface area contributed by atoms with Crippen LogP contribution in [-0.4, -0.2) is 38.6 Å². The van der Waals surface area contributed by atoms with Crippen LogP contribution in [-0.2, 0) is 9.59 Å². The number of benzene rings is 2. The van der Waals surface area contributed by atoms with Crippen LogP contribution in [0, 0.1) is 0 Å². The summed E-state index contributed by atoms with van der Waals surface area (Å²) in [6, 6.07) is 15.2. The summed E-state index contributed by atoms with van der Waals surface area (Å²) in [6.45, 7) is 7.50. The van der Waals surface area contributed by atoms with Gasteiger partial charge in [-0.05, 0) is 42.2 Å². The first kappa shape index (κ1) is 22.4. The van der Waals surface area contributed by atoms with Crippen LogP contribution in [0.4, 0.5) is 11.4 Å². The number of nitrogens with one attached hydrogen (secondary N) is 3. The van der Waals surface area contributed by atoms with Crippen LogP contribution in [0.3, 0.4) is 0 Å². The largest absolute Gasteiger partial charge is 0.495 e. The van der Waals surface area contributed by atoms with Gasteiger partial charge in [-0.3, -0.25) is 9.59 Å². The molecule has 1 unspecified atom stereocenters. The Morgan fingerprint density at radius 2 is 1.59 bits per heavy atom. The lowest BCUT2D eigenvalue weighted by Crippen LogP contribution is -3.14. The summed E-state index contributed by atoms with van der Waals surface area (Å²) >= 11 is 0. The Bertz CT molecular complexity index is 803. The van der Waals surface area contributed by atoms with E-state index in [4.69, 9.17) is 4.74 Å². The van der Waals surface area contributed by atoms with Gasteiger partial charge >= 0.3 is 0 Å². The lowest BCUT2D eigenvalue weighted by atomic mass is 10.0. The number of ether oxygens (including phenoxy) is 1. The van der Waals surface area contributed by atoms with E-state index >= 15 is 0 Å². The Hall–Kier alpha value is -2.86. The number of anilines is 2. The van der Waals surface area contributed by atoms with Crippen LogP contribution in [0.15, 0.2) is 48.5 Å². The first-order valence-electron chi connectivity index (χ1n) is 10.1. The zero-order valence-corrected chi connectivity index (χ0v) is 17.7. The molecule has 0 aromatic heterocycles. The average molecular weight is 399 g/mol. The van der Waals surface area contributed by atoms with E-state index in [1.807, 2.05) is 43.3 Å². The summed E-state index contributed by atoms with van der Waals surface area (Å²) in [5, 5.41) is 5.80. The van der Waals surface area contributed by atoms with Gasteiger partial charge in [0.2, 0.25) is 0 Å². The fourth-order valence-corrected chi connectivity index (χ4v) is 3.15. The van der Waals surface area contributed by atoms with Crippen molar-refractivity contribution in [3.8, 4) is 5.75 Å². The molecule has 2 aromatic rings. The van der Waals surface area contributed by atoms with Crippen molar-refractivity contribution in [1.82, 2.24) is 0 Å². The highest BCUT2D eigenvalue weighted by atomic mass is 16.5. The number of carbonyl (C=O) groups is 2. The highest BCUT2D eigenvalue weighted by Gasteiger charge is 2.18. The third-order valence-corrected chi connectivity index (χ3v) is 4.67. The number of hydrogen-bond donors (Lipinski definition) is 3.